The second-order valence-corrected chi connectivity index (χ2v) is 9.52. The predicted molar refractivity (Wildman–Crippen MR) is 125 cm³/mol. The molecule has 1 atom stereocenters. The fourth-order valence-electron chi connectivity index (χ4n) is 5.35. The lowest BCUT2D eigenvalue weighted by Crippen LogP contribution is -2.51. The molecule has 33 heavy (non-hydrogen) atoms. The summed E-state index contributed by atoms with van der Waals surface area (Å²) in [6.07, 6.45) is 5.81. The van der Waals surface area contributed by atoms with Crippen molar-refractivity contribution >= 4 is 11.6 Å². The molecule has 1 aromatic carbocycles. The number of carbonyl (C=O) groups excluding carboxylic acids is 1. The van der Waals surface area contributed by atoms with Gasteiger partial charge in [-0.15, -0.1) is 0 Å². The Morgan fingerprint density at radius 2 is 1.88 bits per heavy atom. The third-order valence-corrected chi connectivity index (χ3v) is 6.96. The average molecular weight is 449 g/mol. The fourth-order valence-corrected chi connectivity index (χ4v) is 5.35. The number of aryl methyl sites for hydroxylation is 2. The molecule has 3 aromatic rings. The molecule has 2 saturated heterocycles. The quantitative estimate of drug-likeness (QED) is 0.614. The maximum Gasteiger partial charge on any atom is 0.233 e. The molecular weight excluding hydrogens is 416 g/mol. The van der Waals surface area contributed by atoms with Gasteiger partial charge in [0.2, 0.25) is 5.91 Å². The molecule has 0 bridgehead atoms. The van der Waals surface area contributed by atoms with E-state index in [1.54, 1.807) is 10.7 Å². The summed E-state index contributed by atoms with van der Waals surface area (Å²) in [5, 5.41) is 4.68. The summed E-state index contributed by atoms with van der Waals surface area (Å²) >= 11 is 0. The van der Waals surface area contributed by atoms with Crippen LogP contribution in [0.25, 0.3) is 5.65 Å². The maximum atomic E-state index is 14.2. The van der Waals surface area contributed by atoms with Gasteiger partial charge in [-0.05, 0) is 50.8 Å². The molecule has 1 amide bonds. The Balaban J connectivity index is 1.40. The third kappa shape index (κ3) is 4.52. The Morgan fingerprint density at radius 3 is 2.67 bits per heavy atom. The van der Waals surface area contributed by atoms with Crippen LogP contribution in [0.4, 0.5) is 0 Å². The van der Waals surface area contributed by atoms with Crippen molar-refractivity contribution in [1.82, 2.24) is 19.5 Å². The highest BCUT2D eigenvalue weighted by Gasteiger charge is 2.44. The van der Waals surface area contributed by atoms with Crippen molar-refractivity contribution < 1.29 is 14.3 Å². The molecular formula is C26H32N4O3. The minimum Gasteiger partial charge on any atom is -0.381 e. The van der Waals surface area contributed by atoms with Crippen LogP contribution in [0, 0.1) is 19.8 Å². The Hall–Kier alpha value is -2.77. The molecule has 2 fully saturated rings. The molecule has 5 rings (SSSR count). The molecule has 2 aliphatic heterocycles. The average Bonchev–Trinajstić information content (AvgIpc) is 3.16. The molecule has 0 spiro atoms. The number of nitrogens with zero attached hydrogens (tertiary/aromatic N) is 4. The van der Waals surface area contributed by atoms with E-state index in [4.69, 9.17) is 9.47 Å². The van der Waals surface area contributed by atoms with Gasteiger partial charge in [-0.1, -0.05) is 29.3 Å². The minimum absolute atomic E-state index is 0.195. The molecule has 0 radical (unpaired) electrons. The van der Waals surface area contributed by atoms with Crippen LogP contribution in [-0.2, 0) is 26.1 Å². The van der Waals surface area contributed by atoms with Gasteiger partial charge in [0.1, 0.15) is 0 Å². The van der Waals surface area contributed by atoms with E-state index in [1.807, 2.05) is 23.2 Å². The molecule has 7 nitrogen and oxygen atoms in total. The molecule has 7 heteroatoms. The lowest BCUT2D eigenvalue weighted by atomic mass is 9.72. The zero-order chi connectivity index (χ0) is 22.8. The number of aromatic nitrogens is 3. The number of amides is 1. The first-order valence-electron chi connectivity index (χ1n) is 11.9. The third-order valence-electron chi connectivity index (χ3n) is 6.96. The van der Waals surface area contributed by atoms with Crippen LogP contribution in [0.3, 0.4) is 0 Å². The van der Waals surface area contributed by atoms with E-state index < -0.39 is 5.41 Å². The number of ether oxygens (including phenoxy) is 2. The zero-order valence-corrected chi connectivity index (χ0v) is 19.5. The van der Waals surface area contributed by atoms with Crippen molar-refractivity contribution in [2.24, 2.45) is 5.92 Å². The lowest BCUT2D eigenvalue weighted by molar-refractivity contribution is -0.141. The standard InChI is InChI=1S/C26H32N4O3/c1-19-13-20(2)15-22(14-19)26(5-10-32-11-6-26)25(31)29-9-12-33-18-21(17-29)16-23-3-4-24-27-7-8-30(24)28-23/h3-4,7-8,13-15,21H,5-6,9-12,16-18H2,1-2H3/t21-/m0/s1. The van der Waals surface area contributed by atoms with E-state index in [-0.39, 0.29) is 11.8 Å². The van der Waals surface area contributed by atoms with Gasteiger partial charge in [-0.25, -0.2) is 9.50 Å². The molecule has 0 aliphatic carbocycles. The van der Waals surface area contributed by atoms with Crippen molar-refractivity contribution in [3.8, 4) is 0 Å². The number of rotatable bonds is 4. The first kappa shape index (κ1) is 22.0. The molecule has 4 heterocycles. The van der Waals surface area contributed by atoms with E-state index >= 15 is 0 Å². The second kappa shape index (κ2) is 9.23. The summed E-state index contributed by atoms with van der Waals surface area (Å²) in [6.45, 7) is 7.93. The molecule has 0 N–H and O–H groups in total. The first-order chi connectivity index (χ1) is 16.0. The summed E-state index contributed by atoms with van der Waals surface area (Å²) in [7, 11) is 0. The zero-order valence-electron chi connectivity index (χ0n) is 19.5. The Kier molecular flexibility index (Phi) is 6.17. The van der Waals surface area contributed by atoms with Gasteiger partial charge < -0.3 is 14.4 Å². The highest BCUT2D eigenvalue weighted by atomic mass is 16.5. The van der Waals surface area contributed by atoms with Crippen LogP contribution >= 0.6 is 0 Å². The predicted octanol–water partition coefficient (Wildman–Crippen LogP) is 3.11. The second-order valence-electron chi connectivity index (χ2n) is 9.52. The number of imidazole rings is 1. The van der Waals surface area contributed by atoms with E-state index in [1.165, 1.54) is 11.1 Å². The first-order valence-corrected chi connectivity index (χ1v) is 11.9. The van der Waals surface area contributed by atoms with Crippen LogP contribution in [-0.4, -0.2) is 64.9 Å². The van der Waals surface area contributed by atoms with Crippen LogP contribution in [0.2, 0.25) is 0 Å². The van der Waals surface area contributed by atoms with Crippen molar-refractivity contribution in [2.75, 3.05) is 39.5 Å². The number of fused-ring (bicyclic) bond motifs is 1. The number of benzene rings is 1. The van der Waals surface area contributed by atoms with Gasteiger partial charge in [0.05, 0.1) is 24.3 Å². The normalized spacial score (nSPS) is 21.2. The summed E-state index contributed by atoms with van der Waals surface area (Å²) in [4.78, 5) is 20.5. The van der Waals surface area contributed by atoms with Crippen LogP contribution in [0.15, 0.2) is 42.7 Å². The highest BCUT2D eigenvalue weighted by Crippen LogP contribution is 2.38. The van der Waals surface area contributed by atoms with Crippen molar-refractivity contribution in [2.45, 2.75) is 38.5 Å². The van der Waals surface area contributed by atoms with Crippen molar-refractivity contribution in [3.05, 3.63) is 65.1 Å². The highest BCUT2D eigenvalue weighted by molar-refractivity contribution is 5.88. The lowest BCUT2D eigenvalue weighted by Gasteiger charge is -2.40. The van der Waals surface area contributed by atoms with Gasteiger partial charge in [0.15, 0.2) is 5.65 Å². The van der Waals surface area contributed by atoms with E-state index in [0.29, 0.717) is 39.5 Å². The van der Waals surface area contributed by atoms with Gasteiger partial charge in [-0.2, -0.15) is 5.10 Å². The summed E-state index contributed by atoms with van der Waals surface area (Å²) in [5.41, 5.74) is 4.81. The largest absolute Gasteiger partial charge is 0.381 e. The maximum absolute atomic E-state index is 14.2. The topological polar surface area (TPSA) is 69.0 Å². The number of carbonyl (C=O) groups is 1. The van der Waals surface area contributed by atoms with Gasteiger partial charge in [0, 0.05) is 44.6 Å². The molecule has 2 aromatic heterocycles. The van der Waals surface area contributed by atoms with Crippen LogP contribution in [0.5, 0.6) is 0 Å². The Labute approximate surface area is 194 Å². The number of hydrogen-bond donors (Lipinski definition) is 0. The van der Waals surface area contributed by atoms with E-state index in [0.717, 1.165) is 36.2 Å². The summed E-state index contributed by atoms with van der Waals surface area (Å²) in [5.74, 6) is 0.408. The van der Waals surface area contributed by atoms with Crippen LogP contribution in [0.1, 0.15) is 35.2 Å². The molecule has 2 aliphatic rings. The molecule has 0 saturated carbocycles. The van der Waals surface area contributed by atoms with Crippen LogP contribution < -0.4 is 0 Å². The smallest absolute Gasteiger partial charge is 0.233 e. The van der Waals surface area contributed by atoms with Gasteiger partial charge in [0.25, 0.3) is 0 Å². The molecule has 174 valence electrons. The van der Waals surface area contributed by atoms with Crippen molar-refractivity contribution in [1.29, 1.82) is 0 Å². The molecule has 0 unspecified atom stereocenters. The van der Waals surface area contributed by atoms with E-state index in [2.05, 4.69) is 42.1 Å². The summed E-state index contributed by atoms with van der Waals surface area (Å²) < 4.78 is 13.4. The van der Waals surface area contributed by atoms with Gasteiger partial charge in [-0.3, -0.25) is 4.79 Å². The minimum atomic E-state index is -0.530. The van der Waals surface area contributed by atoms with Gasteiger partial charge >= 0.3 is 0 Å². The number of hydrogen-bond acceptors (Lipinski definition) is 5. The SMILES string of the molecule is Cc1cc(C)cc(C2(C(=O)N3CCOC[C@@H](Cc4ccc5nccn5n4)C3)CCOCC2)c1. The Morgan fingerprint density at radius 1 is 1.09 bits per heavy atom. The van der Waals surface area contributed by atoms with E-state index in [9.17, 15) is 4.79 Å². The fraction of sp³-hybridized carbons (Fsp3) is 0.500. The summed E-state index contributed by atoms with van der Waals surface area (Å²) in [6, 6.07) is 10.5. The van der Waals surface area contributed by atoms with Crippen molar-refractivity contribution in [3.63, 3.8) is 0 Å². The Bertz CT molecular complexity index is 1120. The monoisotopic (exact) mass is 448 g/mol.